The highest BCUT2D eigenvalue weighted by Gasteiger charge is 2.42. The highest BCUT2D eigenvalue weighted by atomic mass is 19.4. The van der Waals surface area contributed by atoms with Crippen LogP contribution < -0.4 is 16.2 Å². The van der Waals surface area contributed by atoms with Crippen LogP contribution in [0.1, 0.15) is 31.9 Å². The van der Waals surface area contributed by atoms with Gasteiger partial charge < -0.3 is 21.1 Å². The number of nitrogens with two attached hydrogens (primary N) is 2. The molecule has 0 spiro atoms. The summed E-state index contributed by atoms with van der Waals surface area (Å²) in [6, 6.07) is 11.9. The summed E-state index contributed by atoms with van der Waals surface area (Å²) in [6.45, 7) is 5.53. The van der Waals surface area contributed by atoms with Crippen LogP contribution in [0.2, 0.25) is 0 Å². The molecule has 1 amide bonds. The van der Waals surface area contributed by atoms with Crippen molar-refractivity contribution in [2.24, 2.45) is 0 Å². The second kappa shape index (κ2) is 8.63. The molecule has 158 valence electrons. The van der Waals surface area contributed by atoms with Gasteiger partial charge in [0.1, 0.15) is 12.4 Å². The van der Waals surface area contributed by atoms with E-state index < -0.39 is 12.1 Å². The number of carbonyl (C=O) groups is 1. The number of rotatable bonds is 6. The molecule has 0 saturated carbocycles. The molecule has 5 nitrogen and oxygen atoms in total. The van der Waals surface area contributed by atoms with E-state index >= 15 is 0 Å². The van der Waals surface area contributed by atoms with Crippen LogP contribution in [0.25, 0.3) is 0 Å². The molecular formula is C21H26F3N3O2. The van der Waals surface area contributed by atoms with Crippen molar-refractivity contribution in [3.63, 3.8) is 0 Å². The van der Waals surface area contributed by atoms with Crippen molar-refractivity contribution >= 4 is 17.3 Å². The Balaban J connectivity index is 2.11. The normalized spacial score (nSPS) is 11.9. The lowest BCUT2D eigenvalue weighted by Gasteiger charge is -2.25. The molecule has 8 heteroatoms. The van der Waals surface area contributed by atoms with E-state index in [2.05, 4.69) is 0 Å². The molecule has 2 rings (SSSR count). The number of nitrogen functional groups attached to an aromatic ring is 2. The van der Waals surface area contributed by atoms with Crippen LogP contribution in [0.4, 0.5) is 24.5 Å². The van der Waals surface area contributed by atoms with Gasteiger partial charge in [0.05, 0.1) is 17.9 Å². The van der Waals surface area contributed by atoms with Gasteiger partial charge in [-0.2, -0.15) is 13.2 Å². The maximum absolute atomic E-state index is 13.0. The number of halogens is 3. The third-order valence-corrected chi connectivity index (χ3v) is 4.44. The summed E-state index contributed by atoms with van der Waals surface area (Å²) in [5.41, 5.74) is 13.6. The molecule has 0 saturated heterocycles. The van der Waals surface area contributed by atoms with E-state index in [9.17, 15) is 18.0 Å². The Labute approximate surface area is 168 Å². The van der Waals surface area contributed by atoms with E-state index in [1.165, 1.54) is 0 Å². The Morgan fingerprint density at radius 2 is 1.66 bits per heavy atom. The van der Waals surface area contributed by atoms with Crippen LogP contribution in [0.5, 0.6) is 5.75 Å². The lowest BCUT2D eigenvalue weighted by atomic mass is 9.87. The monoisotopic (exact) mass is 409 g/mol. The topological polar surface area (TPSA) is 81.6 Å². The van der Waals surface area contributed by atoms with Crippen LogP contribution in [0, 0.1) is 0 Å². The Bertz CT molecular complexity index is 844. The van der Waals surface area contributed by atoms with Gasteiger partial charge in [0.2, 0.25) is 0 Å². The predicted octanol–water partition coefficient (Wildman–Crippen LogP) is 4.12. The number of carbonyl (C=O) groups excluding carboxylic acids is 1. The quantitative estimate of drug-likeness (QED) is 0.704. The Kier molecular flexibility index (Phi) is 6.66. The molecule has 0 atom stereocenters. The molecule has 0 aliphatic rings. The fraction of sp³-hybridized carbons (Fsp3) is 0.381. The molecule has 2 aromatic rings. The van der Waals surface area contributed by atoms with E-state index in [0.717, 1.165) is 5.56 Å². The molecule has 0 aliphatic carbocycles. The first-order chi connectivity index (χ1) is 13.4. The van der Waals surface area contributed by atoms with E-state index in [1.54, 1.807) is 30.3 Å². The zero-order valence-electron chi connectivity index (χ0n) is 16.7. The molecular weight excluding hydrogens is 383 g/mol. The Hall–Kier alpha value is -2.90. The summed E-state index contributed by atoms with van der Waals surface area (Å²) in [5.74, 6) is -1.65. The fourth-order valence-corrected chi connectivity index (χ4v) is 2.71. The van der Waals surface area contributed by atoms with Gasteiger partial charge in [-0.25, -0.2) is 0 Å². The summed E-state index contributed by atoms with van der Waals surface area (Å²) in [7, 11) is 0. The maximum Gasteiger partial charge on any atom is 0.471 e. The minimum Gasteiger partial charge on any atom is -0.490 e. The first-order valence-corrected chi connectivity index (χ1v) is 9.12. The lowest BCUT2D eigenvalue weighted by molar-refractivity contribution is -0.186. The van der Waals surface area contributed by atoms with Gasteiger partial charge >= 0.3 is 12.1 Å². The van der Waals surface area contributed by atoms with Crippen molar-refractivity contribution in [2.75, 3.05) is 24.6 Å². The summed E-state index contributed by atoms with van der Waals surface area (Å²) < 4.78 is 44.5. The molecule has 0 aliphatic heterocycles. The zero-order valence-corrected chi connectivity index (χ0v) is 16.7. The van der Waals surface area contributed by atoms with E-state index in [0.29, 0.717) is 16.2 Å². The van der Waals surface area contributed by atoms with Gasteiger partial charge in [0.25, 0.3) is 0 Å². The maximum atomic E-state index is 13.0. The van der Waals surface area contributed by atoms with E-state index in [-0.39, 0.29) is 36.5 Å². The third kappa shape index (κ3) is 6.04. The number of amides is 1. The first-order valence-electron chi connectivity index (χ1n) is 9.12. The summed E-state index contributed by atoms with van der Waals surface area (Å²) >= 11 is 0. The highest BCUT2D eigenvalue weighted by Crippen LogP contribution is 2.27. The van der Waals surface area contributed by atoms with Crippen LogP contribution in [0.3, 0.4) is 0 Å². The largest absolute Gasteiger partial charge is 0.490 e. The lowest BCUT2D eigenvalue weighted by Crippen LogP contribution is -2.42. The van der Waals surface area contributed by atoms with Crippen LogP contribution in [0.15, 0.2) is 42.5 Å². The molecule has 0 unspecified atom stereocenters. The number of anilines is 2. The Morgan fingerprint density at radius 1 is 1.03 bits per heavy atom. The number of alkyl halides is 3. The Morgan fingerprint density at radius 3 is 2.21 bits per heavy atom. The standard InChI is InChI=1S/C21H26F3N3O2/c1-20(2,3)15-9-7-14(8-10-15)13-27(19(28)21(22,23)24)11-12-29-17-6-4-5-16(25)18(17)26/h4-10H,11-13,25-26H2,1-3H3. The van der Waals surface area contributed by atoms with Crippen molar-refractivity contribution in [1.29, 1.82) is 0 Å². The molecule has 0 aromatic heterocycles. The summed E-state index contributed by atoms with van der Waals surface area (Å²) in [6.07, 6.45) is -4.97. The highest BCUT2D eigenvalue weighted by molar-refractivity contribution is 5.81. The van der Waals surface area contributed by atoms with Crippen molar-refractivity contribution in [1.82, 2.24) is 4.90 Å². The van der Waals surface area contributed by atoms with Crippen LogP contribution in [-0.2, 0) is 16.8 Å². The minimum atomic E-state index is -4.97. The average Bonchev–Trinajstić information content (AvgIpc) is 2.62. The third-order valence-electron chi connectivity index (χ3n) is 4.44. The van der Waals surface area contributed by atoms with Crippen molar-refractivity contribution in [2.45, 2.75) is 38.9 Å². The van der Waals surface area contributed by atoms with Gasteiger partial charge in [0.15, 0.2) is 0 Å². The number of hydrogen-bond donors (Lipinski definition) is 2. The number of benzene rings is 2. The molecule has 0 radical (unpaired) electrons. The predicted molar refractivity (Wildman–Crippen MR) is 107 cm³/mol. The number of nitrogens with zero attached hydrogens (tertiary/aromatic N) is 1. The molecule has 0 bridgehead atoms. The molecule has 2 aromatic carbocycles. The van der Waals surface area contributed by atoms with Crippen molar-refractivity contribution in [3.05, 3.63) is 53.6 Å². The van der Waals surface area contributed by atoms with Gasteiger partial charge in [-0.1, -0.05) is 51.1 Å². The average molecular weight is 409 g/mol. The van der Waals surface area contributed by atoms with Gasteiger partial charge in [0, 0.05) is 6.54 Å². The molecule has 0 fully saturated rings. The summed E-state index contributed by atoms with van der Waals surface area (Å²) in [5, 5.41) is 0. The minimum absolute atomic E-state index is 0.0781. The SMILES string of the molecule is CC(C)(C)c1ccc(CN(CCOc2cccc(N)c2N)C(=O)C(F)(F)F)cc1. The first kappa shape index (κ1) is 22.4. The van der Waals surface area contributed by atoms with Gasteiger partial charge in [-0.3, -0.25) is 4.79 Å². The van der Waals surface area contributed by atoms with E-state index in [1.807, 2.05) is 32.9 Å². The van der Waals surface area contributed by atoms with Crippen LogP contribution >= 0.6 is 0 Å². The second-order valence-corrected chi connectivity index (χ2v) is 7.78. The van der Waals surface area contributed by atoms with Crippen molar-refractivity contribution < 1.29 is 22.7 Å². The van der Waals surface area contributed by atoms with Gasteiger partial charge in [-0.05, 0) is 28.7 Å². The summed E-state index contributed by atoms with van der Waals surface area (Å²) in [4.78, 5) is 12.6. The number of para-hydroxylation sites is 1. The molecule has 0 heterocycles. The zero-order chi connectivity index (χ0) is 21.8. The van der Waals surface area contributed by atoms with Gasteiger partial charge in [-0.15, -0.1) is 0 Å². The number of hydrogen-bond acceptors (Lipinski definition) is 4. The fourth-order valence-electron chi connectivity index (χ4n) is 2.71. The van der Waals surface area contributed by atoms with Crippen molar-refractivity contribution in [3.8, 4) is 5.75 Å². The smallest absolute Gasteiger partial charge is 0.471 e. The molecule has 4 N–H and O–H groups in total. The molecule has 29 heavy (non-hydrogen) atoms. The van der Waals surface area contributed by atoms with E-state index in [4.69, 9.17) is 16.2 Å². The van der Waals surface area contributed by atoms with Crippen LogP contribution in [-0.4, -0.2) is 30.1 Å². The second-order valence-electron chi connectivity index (χ2n) is 7.78. The number of ether oxygens (including phenoxy) is 1.